The molecule has 0 aliphatic carbocycles. The minimum Gasteiger partial charge on any atom is -0.363 e. The first-order chi connectivity index (χ1) is 15.6. The van der Waals surface area contributed by atoms with E-state index >= 15 is 0 Å². The molecule has 3 aromatic heterocycles. The Morgan fingerprint density at radius 1 is 1.16 bits per heavy atom. The van der Waals surface area contributed by atoms with E-state index in [0.717, 1.165) is 54.3 Å². The third-order valence-electron chi connectivity index (χ3n) is 5.98. The summed E-state index contributed by atoms with van der Waals surface area (Å²) in [5.41, 5.74) is 10.1. The van der Waals surface area contributed by atoms with Gasteiger partial charge in [0.15, 0.2) is 11.5 Å². The van der Waals surface area contributed by atoms with Gasteiger partial charge in [-0.25, -0.2) is 14.2 Å². The third kappa shape index (κ3) is 3.91. The van der Waals surface area contributed by atoms with Crippen molar-refractivity contribution < 1.29 is 0 Å². The number of hydrogen-bond acceptors (Lipinski definition) is 7. The highest BCUT2D eigenvalue weighted by Crippen LogP contribution is 2.25. The Morgan fingerprint density at radius 3 is 2.72 bits per heavy atom. The first kappa shape index (κ1) is 20.4. The van der Waals surface area contributed by atoms with Crippen LogP contribution >= 0.6 is 0 Å². The maximum atomic E-state index is 6.11. The van der Waals surface area contributed by atoms with Crippen LogP contribution in [0, 0.1) is 0 Å². The number of rotatable bonds is 6. The molecule has 9 nitrogen and oxygen atoms in total. The molecule has 32 heavy (non-hydrogen) atoms. The molecular weight excluding hydrogens is 402 g/mol. The van der Waals surface area contributed by atoms with E-state index in [1.165, 1.54) is 0 Å². The molecule has 0 saturated carbocycles. The summed E-state index contributed by atoms with van der Waals surface area (Å²) < 4.78 is 3.81. The van der Waals surface area contributed by atoms with Gasteiger partial charge in [-0.2, -0.15) is 10.1 Å². The molecule has 1 saturated heterocycles. The van der Waals surface area contributed by atoms with Crippen molar-refractivity contribution in [3.8, 4) is 5.69 Å². The largest absolute Gasteiger partial charge is 0.363 e. The lowest BCUT2D eigenvalue weighted by molar-refractivity contribution is 0.493. The summed E-state index contributed by atoms with van der Waals surface area (Å²) >= 11 is 0. The number of aromatic nitrogens is 6. The van der Waals surface area contributed by atoms with Gasteiger partial charge in [0.25, 0.3) is 0 Å². The van der Waals surface area contributed by atoms with Gasteiger partial charge in [-0.3, -0.25) is 0 Å². The second-order valence-electron chi connectivity index (χ2n) is 8.59. The lowest BCUT2D eigenvalue weighted by Gasteiger charge is -2.30. The van der Waals surface area contributed by atoms with E-state index in [1.54, 1.807) is 6.20 Å². The van der Waals surface area contributed by atoms with E-state index < -0.39 is 0 Å². The molecule has 0 atom stereocenters. The Morgan fingerprint density at radius 2 is 1.97 bits per heavy atom. The average Bonchev–Trinajstić information content (AvgIpc) is 3.48. The quantitative estimate of drug-likeness (QED) is 0.484. The lowest BCUT2D eigenvalue weighted by Crippen LogP contribution is -2.40. The second kappa shape index (κ2) is 8.58. The zero-order valence-corrected chi connectivity index (χ0v) is 18.5. The molecule has 0 radical (unpaired) electrons. The summed E-state index contributed by atoms with van der Waals surface area (Å²) in [4.78, 5) is 11.7. The van der Waals surface area contributed by atoms with Gasteiger partial charge in [0.1, 0.15) is 0 Å². The number of anilines is 2. The summed E-state index contributed by atoms with van der Waals surface area (Å²) in [6, 6.07) is 10.4. The Hall–Kier alpha value is -3.46. The number of imidazole rings is 1. The highest BCUT2D eigenvalue weighted by atomic mass is 15.4. The maximum Gasteiger partial charge on any atom is 0.245 e. The predicted molar refractivity (Wildman–Crippen MR) is 125 cm³/mol. The Labute approximate surface area is 187 Å². The van der Waals surface area contributed by atoms with Crippen molar-refractivity contribution in [2.75, 3.05) is 23.3 Å². The molecule has 3 N–H and O–H groups in total. The van der Waals surface area contributed by atoms with Gasteiger partial charge in [0, 0.05) is 38.1 Å². The van der Waals surface area contributed by atoms with E-state index in [2.05, 4.69) is 46.3 Å². The summed E-state index contributed by atoms with van der Waals surface area (Å²) in [5.74, 6) is 1.75. The minimum absolute atomic E-state index is 0.255. The van der Waals surface area contributed by atoms with Crippen molar-refractivity contribution in [3.05, 3.63) is 60.2 Å². The molecule has 4 heterocycles. The van der Waals surface area contributed by atoms with Gasteiger partial charge in [-0.1, -0.05) is 32.0 Å². The molecule has 166 valence electrons. The zero-order chi connectivity index (χ0) is 22.1. The van der Waals surface area contributed by atoms with E-state index in [0.29, 0.717) is 18.4 Å². The van der Waals surface area contributed by atoms with Crippen LogP contribution in [0.1, 0.15) is 43.9 Å². The lowest BCUT2D eigenvalue weighted by atomic mass is 10.1. The Kier molecular flexibility index (Phi) is 5.48. The van der Waals surface area contributed by atoms with E-state index in [-0.39, 0.29) is 6.04 Å². The SMILES string of the molecule is CC(C)c1cnc2c(NCc3ccccc3-n3cccn3)nc(N3CCC(N)CC3)nn12. The topological polar surface area (TPSA) is 102 Å². The van der Waals surface area contributed by atoms with Gasteiger partial charge in [0.2, 0.25) is 5.95 Å². The van der Waals surface area contributed by atoms with Crippen LogP contribution in [0.5, 0.6) is 0 Å². The maximum absolute atomic E-state index is 6.11. The Balaban J connectivity index is 1.50. The standard InChI is InChI=1S/C23H29N9/c1-16(2)20-15-26-22-21(28-23(29-32(20)22)30-12-8-18(24)9-13-30)25-14-17-6-3-4-7-19(17)31-11-5-10-27-31/h3-7,10-11,15-16,18H,8-9,12-14,24H2,1-2H3,(H,25,28,29). The van der Waals surface area contributed by atoms with Crippen LogP contribution in [0.3, 0.4) is 0 Å². The average molecular weight is 432 g/mol. The molecule has 1 fully saturated rings. The van der Waals surface area contributed by atoms with Crippen molar-refractivity contribution >= 4 is 17.4 Å². The Bertz CT molecular complexity index is 1190. The molecule has 0 unspecified atom stereocenters. The van der Waals surface area contributed by atoms with Gasteiger partial charge in [-0.15, -0.1) is 5.10 Å². The summed E-state index contributed by atoms with van der Waals surface area (Å²) in [5, 5.41) is 12.8. The molecule has 9 heteroatoms. The smallest absolute Gasteiger partial charge is 0.245 e. The first-order valence-electron chi connectivity index (χ1n) is 11.2. The number of nitrogens with zero attached hydrogens (tertiary/aromatic N) is 7. The van der Waals surface area contributed by atoms with E-state index in [4.69, 9.17) is 15.8 Å². The summed E-state index contributed by atoms with van der Waals surface area (Å²) in [7, 11) is 0. The zero-order valence-electron chi connectivity index (χ0n) is 18.5. The molecule has 1 aliphatic rings. The number of hydrogen-bond donors (Lipinski definition) is 2. The highest BCUT2D eigenvalue weighted by Gasteiger charge is 2.22. The first-order valence-corrected chi connectivity index (χ1v) is 11.2. The predicted octanol–water partition coefficient (Wildman–Crippen LogP) is 2.97. The van der Waals surface area contributed by atoms with Crippen molar-refractivity contribution in [1.29, 1.82) is 0 Å². The van der Waals surface area contributed by atoms with E-state index in [9.17, 15) is 0 Å². The normalized spacial score (nSPS) is 15.1. The number of nitrogens with one attached hydrogen (secondary N) is 1. The summed E-state index contributed by atoms with van der Waals surface area (Å²) in [6.45, 7) is 6.62. The molecule has 5 rings (SSSR count). The van der Waals surface area contributed by atoms with E-state index in [1.807, 2.05) is 39.8 Å². The van der Waals surface area contributed by atoms with Crippen LogP contribution in [-0.4, -0.2) is 48.5 Å². The van der Waals surface area contributed by atoms with Crippen LogP contribution in [0.4, 0.5) is 11.8 Å². The number of benzene rings is 1. The monoisotopic (exact) mass is 431 g/mol. The number of fused-ring (bicyclic) bond motifs is 1. The minimum atomic E-state index is 0.255. The van der Waals surface area contributed by atoms with Crippen LogP contribution in [-0.2, 0) is 6.54 Å². The van der Waals surface area contributed by atoms with Crippen LogP contribution in [0.2, 0.25) is 0 Å². The molecule has 1 aromatic carbocycles. The van der Waals surface area contributed by atoms with Crippen molar-refractivity contribution in [2.45, 2.75) is 45.2 Å². The molecule has 4 aromatic rings. The molecule has 0 spiro atoms. The third-order valence-corrected chi connectivity index (χ3v) is 5.98. The highest BCUT2D eigenvalue weighted by molar-refractivity contribution is 5.65. The molecule has 0 amide bonds. The summed E-state index contributed by atoms with van der Waals surface area (Å²) in [6.07, 6.45) is 7.52. The fourth-order valence-corrected chi connectivity index (χ4v) is 4.11. The fourth-order valence-electron chi connectivity index (χ4n) is 4.11. The van der Waals surface area contributed by atoms with Crippen molar-refractivity contribution in [1.82, 2.24) is 29.4 Å². The number of para-hydroxylation sites is 1. The van der Waals surface area contributed by atoms with Crippen LogP contribution in [0.25, 0.3) is 11.3 Å². The van der Waals surface area contributed by atoms with Gasteiger partial charge < -0.3 is 16.0 Å². The fraction of sp³-hybridized carbons (Fsp3) is 0.391. The van der Waals surface area contributed by atoms with Crippen molar-refractivity contribution in [2.24, 2.45) is 5.73 Å². The molecule has 1 aliphatic heterocycles. The van der Waals surface area contributed by atoms with Gasteiger partial charge in [-0.05, 0) is 36.5 Å². The van der Waals surface area contributed by atoms with Gasteiger partial charge in [0.05, 0.1) is 17.6 Å². The molecule has 0 bridgehead atoms. The number of piperidine rings is 1. The van der Waals surface area contributed by atoms with Crippen molar-refractivity contribution in [3.63, 3.8) is 0 Å². The van der Waals surface area contributed by atoms with Gasteiger partial charge >= 0.3 is 0 Å². The van der Waals surface area contributed by atoms with Crippen LogP contribution in [0.15, 0.2) is 48.9 Å². The molecular formula is C23H29N9. The second-order valence-corrected chi connectivity index (χ2v) is 8.59. The number of nitrogens with two attached hydrogens (primary N) is 1. The van der Waals surface area contributed by atoms with Crippen LogP contribution < -0.4 is 16.0 Å².